The highest BCUT2D eigenvalue weighted by Crippen LogP contribution is 2.33. The van der Waals surface area contributed by atoms with Crippen molar-refractivity contribution >= 4 is 34.6 Å². The van der Waals surface area contributed by atoms with E-state index < -0.39 is 0 Å². The Morgan fingerprint density at radius 2 is 1.55 bits per heavy atom. The van der Waals surface area contributed by atoms with Crippen molar-refractivity contribution in [1.82, 2.24) is 0 Å². The second-order valence-electron chi connectivity index (χ2n) is 6.26. The van der Waals surface area contributed by atoms with Gasteiger partial charge in [-0.3, -0.25) is 0 Å². The summed E-state index contributed by atoms with van der Waals surface area (Å²) in [5.41, 5.74) is 2.84. The zero-order chi connectivity index (χ0) is 20.4. The van der Waals surface area contributed by atoms with Gasteiger partial charge in [0.2, 0.25) is 0 Å². The van der Waals surface area contributed by atoms with Gasteiger partial charge in [0.25, 0.3) is 0 Å². The fraction of sp³-hybridized carbons (Fsp3) is 0.0909. The molecule has 0 fully saturated rings. The molecule has 0 atom stereocenters. The highest BCUT2D eigenvalue weighted by molar-refractivity contribution is 6.31. The summed E-state index contributed by atoms with van der Waals surface area (Å²) in [7, 11) is 3.15. The first-order valence-electron chi connectivity index (χ1n) is 8.79. The predicted molar refractivity (Wildman–Crippen MR) is 114 cm³/mol. The Balaban J connectivity index is 1.87. The topological polar surface area (TPSA) is 55.2 Å². The second kappa shape index (κ2) is 7.93. The Bertz CT molecular complexity index is 1130. The summed E-state index contributed by atoms with van der Waals surface area (Å²) >= 11 is 6.18. The van der Waals surface area contributed by atoms with E-state index in [9.17, 15) is 4.39 Å². The molecular weight excluding hydrogens is 393 g/mol. The zero-order valence-electron chi connectivity index (χ0n) is 15.7. The van der Waals surface area contributed by atoms with Crippen LogP contribution in [0.15, 0.2) is 70.6 Å². The molecule has 0 saturated carbocycles. The maximum absolute atomic E-state index is 13.4. The van der Waals surface area contributed by atoms with Crippen LogP contribution in [-0.2, 0) is 0 Å². The van der Waals surface area contributed by atoms with E-state index in [2.05, 4.69) is 10.3 Å². The Morgan fingerprint density at radius 3 is 2.28 bits per heavy atom. The minimum Gasteiger partial charge on any atom is -0.493 e. The number of nitrogens with zero attached hydrogens (tertiary/aromatic N) is 2. The third kappa shape index (κ3) is 3.93. The molecule has 5 nitrogen and oxygen atoms in total. The number of hydrogen-bond donors (Lipinski definition) is 1. The lowest BCUT2D eigenvalue weighted by Gasteiger charge is -2.13. The SMILES string of the molecule is COc1ccc(C2=NC(c3ccc(F)cc3)=Nc3ccc(Cl)cc3N2)cc1OC. The quantitative estimate of drug-likeness (QED) is 0.623. The molecule has 0 spiro atoms. The zero-order valence-corrected chi connectivity index (χ0v) is 16.5. The molecule has 0 aliphatic carbocycles. The summed E-state index contributed by atoms with van der Waals surface area (Å²) in [4.78, 5) is 9.38. The smallest absolute Gasteiger partial charge is 0.162 e. The van der Waals surface area contributed by atoms with Crippen LogP contribution < -0.4 is 14.8 Å². The number of fused-ring (bicyclic) bond motifs is 1. The first-order valence-corrected chi connectivity index (χ1v) is 9.17. The van der Waals surface area contributed by atoms with Crippen molar-refractivity contribution in [3.05, 3.63) is 82.6 Å². The van der Waals surface area contributed by atoms with E-state index in [1.54, 1.807) is 50.6 Å². The Morgan fingerprint density at radius 1 is 0.828 bits per heavy atom. The van der Waals surface area contributed by atoms with Crippen molar-refractivity contribution in [2.75, 3.05) is 19.5 Å². The molecule has 0 aromatic heterocycles. The lowest BCUT2D eigenvalue weighted by molar-refractivity contribution is 0.355. The standard InChI is InChI=1S/C22H17ClFN3O2/c1-28-19-10-5-14(11-20(19)29-2)22-26-18-12-15(23)6-9-17(18)25-21(27-22)13-3-7-16(24)8-4-13/h3-12H,1-2H3,(H,25,26,27). The molecule has 1 aliphatic heterocycles. The first kappa shape index (κ1) is 19.0. The van der Waals surface area contributed by atoms with Crippen LogP contribution in [0.5, 0.6) is 11.5 Å². The van der Waals surface area contributed by atoms with Crippen LogP contribution in [-0.4, -0.2) is 25.9 Å². The van der Waals surface area contributed by atoms with Crippen molar-refractivity contribution in [2.24, 2.45) is 9.98 Å². The van der Waals surface area contributed by atoms with Crippen LogP contribution >= 0.6 is 11.6 Å². The Kier molecular flexibility index (Phi) is 5.18. The molecule has 1 heterocycles. The number of benzene rings is 3. The Labute approximate surface area is 172 Å². The van der Waals surface area contributed by atoms with Crippen LogP contribution in [0.2, 0.25) is 5.02 Å². The summed E-state index contributed by atoms with van der Waals surface area (Å²) < 4.78 is 24.1. The van der Waals surface area contributed by atoms with Crippen LogP contribution in [0, 0.1) is 5.82 Å². The van der Waals surface area contributed by atoms with Crippen LogP contribution in [0.25, 0.3) is 0 Å². The molecule has 0 amide bonds. The minimum absolute atomic E-state index is 0.322. The number of rotatable bonds is 4. The van der Waals surface area contributed by atoms with E-state index in [0.717, 1.165) is 5.56 Å². The van der Waals surface area contributed by atoms with E-state index in [0.29, 0.717) is 45.1 Å². The lowest BCUT2D eigenvalue weighted by atomic mass is 10.1. The number of hydrogen-bond acceptors (Lipinski definition) is 5. The molecule has 0 radical (unpaired) electrons. The summed E-state index contributed by atoms with van der Waals surface area (Å²) in [6, 6.07) is 16.9. The largest absolute Gasteiger partial charge is 0.493 e. The fourth-order valence-corrected chi connectivity index (χ4v) is 3.13. The van der Waals surface area contributed by atoms with E-state index in [1.165, 1.54) is 12.1 Å². The van der Waals surface area contributed by atoms with Gasteiger partial charge in [0.05, 0.1) is 25.6 Å². The molecule has 3 aromatic carbocycles. The van der Waals surface area contributed by atoms with Crippen molar-refractivity contribution < 1.29 is 13.9 Å². The third-order valence-corrected chi connectivity index (χ3v) is 4.65. The number of anilines is 1. The average molecular weight is 410 g/mol. The summed E-state index contributed by atoms with van der Waals surface area (Å²) in [5.74, 6) is 1.86. The summed E-state index contributed by atoms with van der Waals surface area (Å²) in [6.45, 7) is 0. The van der Waals surface area contributed by atoms with Gasteiger partial charge < -0.3 is 14.8 Å². The van der Waals surface area contributed by atoms with E-state index in [-0.39, 0.29) is 5.82 Å². The molecule has 0 unspecified atom stereocenters. The van der Waals surface area contributed by atoms with Gasteiger partial charge in [0, 0.05) is 16.1 Å². The normalized spacial score (nSPS) is 12.8. The lowest BCUT2D eigenvalue weighted by Crippen LogP contribution is -2.15. The highest BCUT2D eigenvalue weighted by atomic mass is 35.5. The van der Waals surface area contributed by atoms with Crippen molar-refractivity contribution in [2.45, 2.75) is 0 Å². The predicted octanol–water partition coefficient (Wildman–Crippen LogP) is 5.45. The molecule has 0 saturated heterocycles. The number of halogens is 2. The molecule has 4 rings (SSSR count). The van der Waals surface area contributed by atoms with E-state index >= 15 is 0 Å². The van der Waals surface area contributed by atoms with E-state index in [4.69, 9.17) is 26.1 Å². The number of aliphatic imine (C=N–C) groups is 2. The van der Waals surface area contributed by atoms with Gasteiger partial charge in [0.15, 0.2) is 17.3 Å². The minimum atomic E-state index is -0.322. The number of nitrogens with one attached hydrogen (secondary N) is 1. The first-order chi connectivity index (χ1) is 14.1. The van der Waals surface area contributed by atoms with Gasteiger partial charge in [-0.05, 0) is 60.7 Å². The van der Waals surface area contributed by atoms with Gasteiger partial charge in [0.1, 0.15) is 11.7 Å². The second-order valence-corrected chi connectivity index (χ2v) is 6.70. The van der Waals surface area contributed by atoms with Crippen LogP contribution in [0.3, 0.4) is 0 Å². The van der Waals surface area contributed by atoms with Gasteiger partial charge in [-0.15, -0.1) is 0 Å². The van der Waals surface area contributed by atoms with Gasteiger partial charge in [-0.2, -0.15) is 0 Å². The average Bonchev–Trinajstić information content (AvgIpc) is 2.93. The third-order valence-electron chi connectivity index (χ3n) is 4.42. The molecule has 7 heteroatoms. The fourth-order valence-electron chi connectivity index (χ4n) is 2.95. The maximum atomic E-state index is 13.4. The van der Waals surface area contributed by atoms with Crippen LogP contribution in [0.1, 0.15) is 11.1 Å². The summed E-state index contributed by atoms with van der Waals surface area (Å²) in [5, 5.41) is 3.87. The van der Waals surface area contributed by atoms with Crippen molar-refractivity contribution in [3.8, 4) is 11.5 Å². The van der Waals surface area contributed by atoms with Crippen molar-refractivity contribution in [1.29, 1.82) is 0 Å². The summed E-state index contributed by atoms with van der Waals surface area (Å²) in [6.07, 6.45) is 0. The van der Waals surface area contributed by atoms with E-state index in [1.807, 2.05) is 12.1 Å². The van der Waals surface area contributed by atoms with Gasteiger partial charge >= 0.3 is 0 Å². The molecule has 146 valence electrons. The molecule has 3 aromatic rings. The van der Waals surface area contributed by atoms with Gasteiger partial charge in [-0.25, -0.2) is 14.4 Å². The highest BCUT2D eigenvalue weighted by Gasteiger charge is 2.17. The number of amidine groups is 2. The molecule has 0 bridgehead atoms. The monoisotopic (exact) mass is 409 g/mol. The maximum Gasteiger partial charge on any atom is 0.162 e. The Hall–Kier alpha value is -3.38. The molecular formula is C22H17ClFN3O2. The van der Waals surface area contributed by atoms with Gasteiger partial charge in [-0.1, -0.05) is 11.6 Å². The molecule has 29 heavy (non-hydrogen) atoms. The number of methoxy groups -OCH3 is 2. The molecule has 1 N–H and O–H groups in total. The van der Waals surface area contributed by atoms with Crippen molar-refractivity contribution in [3.63, 3.8) is 0 Å². The number of ether oxygens (including phenoxy) is 2. The van der Waals surface area contributed by atoms with Crippen LogP contribution in [0.4, 0.5) is 15.8 Å². The molecule has 1 aliphatic rings.